The Morgan fingerprint density at radius 2 is 2.12 bits per heavy atom. The van der Waals surface area contributed by atoms with Gasteiger partial charge in [-0.1, -0.05) is 11.6 Å². The highest BCUT2D eigenvalue weighted by Gasteiger charge is 2.37. The average molecular weight is 221 g/mol. The first-order valence-electron chi connectivity index (χ1n) is 6.23. The maximum atomic E-state index is 6.10. The Labute approximate surface area is 95.8 Å². The van der Waals surface area contributed by atoms with Crippen LogP contribution in [0.1, 0.15) is 37.8 Å². The standard InChI is InChI=1S/C12H19N3O/c13-9-6-11-2-1-3-12(7-9)15(11)8-10-4-5-16-14-10/h4-5,9,11-12H,1-3,6-8,13H2. The molecule has 4 heteroatoms. The van der Waals surface area contributed by atoms with Gasteiger partial charge in [-0.05, 0) is 25.7 Å². The van der Waals surface area contributed by atoms with Crippen molar-refractivity contribution >= 4 is 0 Å². The number of fused-ring (bicyclic) bond motifs is 2. The molecule has 2 fully saturated rings. The molecule has 2 N–H and O–H groups in total. The van der Waals surface area contributed by atoms with Gasteiger partial charge in [0.1, 0.15) is 6.26 Å². The van der Waals surface area contributed by atoms with Crippen LogP contribution in [0.4, 0.5) is 0 Å². The summed E-state index contributed by atoms with van der Waals surface area (Å²) in [4.78, 5) is 2.59. The van der Waals surface area contributed by atoms with E-state index < -0.39 is 0 Å². The number of hydrogen-bond donors (Lipinski definition) is 1. The van der Waals surface area contributed by atoms with E-state index in [0.717, 1.165) is 25.1 Å². The van der Waals surface area contributed by atoms with E-state index in [1.165, 1.54) is 19.3 Å². The van der Waals surface area contributed by atoms with Gasteiger partial charge in [-0.2, -0.15) is 0 Å². The second kappa shape index (κ2) is 4.18. The van der Waals surface area contributed by atoms with Crippen molar-refractivity contribution in [2.24, 2.45) is 5.73 Å². The smallest absolute Gasteiger partial charge is 0.124 e. The average Bonchev–Trinajstić information content (AvgIpc) is 2.72. The van der Waals surface area contributed by atoms with E-state index in [4.69, 9.17) is 10.3 Å². The Morgan fingerprint density at radius 1 is 1.38 bits per heavy atom. The summed E-state index contributed by atoms with van der Waals surface area (Å²) in [7, 11) is 0. The van der Waals surface area contributed by atoms with Gasteiger partial charge >= 0.3 is 0 Å². The van der Waals surface area contributed by atoms with Gasteiger partial charge in [0.05, 0.1) is 5.69 Å². The molecule has 0 amide bonds. The van der Waals surface area contributed by atoms with Crippen LogP contribution in [0.2, 0.25) is 0 Å². The lowest BCUT2D eigenvalue weighted by Crippen LogP contribution is -2.54. The summed E-state index contributed by atoms with van der Waals surface area (Å²) in [5.74, 6) is 0. The van der Waals surface area contributed by atoms with Crippen molar-refractivity contribution in [1.29, 1.82) is 0 Å². The highest BCUT2D eigenvalue weighted by molar-refractivity contribution is 5.00. The molecule has 2 aliphatic heterocycles. The van der Waals surface area contributed by atoms with Gasteiger partial charge in [0.25, 0.3) is 0 Å². The Hall–Kier alpha value is -0.870. The fourth-order valence-electron chi connectivity index (χ4n) is 3.28. The van der Waals surface area contributed by atoms with E-state index in [1.807, 2.05) is 6.07 Å². The number of nitrogens with zero attached hydrogens (tertiary/aromatic N) is 2. The van der Waals surface area contributed by atoms with Crippen molar-refractivity contribution in [3.63, 3.8) is 0 Å². The number of hydrogen-bond acceptors (Lipinski definition) is 4. The first kappa shape index (κ1) is 10.3. The first-order chi connectivity index (χ1) is 7.83. The van der Waals surface area contributed by atoms with E-state index in [0.29, 0.717) is 18.1 Å². The minimum Gasteiger partial charge on any atom is -0.364 e. The van der Waals surface area contributed by atoms with Crippen LogP contribution in [0.3, 0.4) is 0 Å². The fourth-order valence-corrected chi connectivity index (χ4v) is 3.28. The van der Waals surface area contributed by atoms with Crippen LogP contribution in [-0.4, -0.2) is 28.2 Å². The molecule has 16 heavy (non-hydrogen) atoms. The van der Waals surface area contributed by atoms with Crippen LogP contribution in [0, 0.1) is 0 Å². The third-order valence-electron chi connectivity index (χ3n) is 4.00. The zero-order chi connectivity index (χ0) is 11.0. The predicted molar refractivity (Wildman–Crippen MR) is 60.7 cm³/mol. The van der Waals surface area contributed by atoms with Gasteiger partial charge in [-0.25, -0.2) is 0 Å². The molecule has 0 aromatic carbocycles. The van der Waals surface area contributed by atoms with E-state index in [-0.39, 0.29) is 0 Å². The Morgan fingerprint density at radius 3 is 2.75 bits per heavy atom. The van der Waals surface area contributed by atoms with Crippen molar-refractivity contribution < 1.29 is 4.52 Å². The van der Waals surface area contributed by atoms with Gasteiger partial charge in [0, 0.05) is 30.7 Å². The maximum absolute atomic E-state index is 6.10. The van der Waals surface area contributed by atoms with Gasteiger partial charge in [0.15, 0.2) is 0 Å². The van der Waals surface area contributed by atoms with E-state index in [1.54, 1.807) is 6.26 Å². The molecule has 2 saturated heterocycles. The van der Waals surface area contributed by atoms with Crippen molar-refractivity contribution in [2.45, 2.75) is 56.8 Å². The molecule has 0 aliphatic carbocycles. The monoisotopic (exact) mass is 221 g/mol. The molecule has 3 rings (SSSR count). The summed E-state index contributed by atoms with van der Waals surface area (Å²) in [6.07, 6.45) is 7.89. The predicted octanol–water partition coefficient (Wildman–Crippen LogP) is 1.52. The molecule has 0 saturated carbocycles. The van der Waals surface area contributed by atoms with Crippen LogP contribution in [0.25, 0.3) is 0 Å². The number of rotatable bonds is 2. The number of piperidine rings is 2. The molecule has 1 aromatic rings. The van der Waals surface area contributed by atoms with Crippen molar-refractivity contribution in [3.8, 4) is 0 Å². The zero-order valence-corrected chi connectivity index (χ0v) is 9.51. The Kier molecular flexibility index (Phi) is 2.69. The molecular formula is C12H19N3O. The molecule has 0 radical (unpaired) electrons. The highest BCUT2D eigenvalue weighted by Crippen LogP contribution is 2.34. The van der Waals surface area contributed by atoms with Crippen LogP contribution < -0.4 is 5.73 Å². The van der Waals surface area contributed by atoms with Gasteiger partial charge in [-0.3, -0.25) is 4.90 Å². The SMILES string of the molecule is NC1CC2CCCC(C1)N2Cc1ccon1. The summed E-state index contributed by atoms with van der Waals surface area (Å²) in [6, 6.07) is 3.70. The summed E-state index contributed by atoms with van der Waals surface area (Å²) in [6.45, 7) is 0.929. The van der Waals surface area contributed by atoms with Crippen LogP contribution in [0.5, 0.6) is 0 Å². The molecule has 2 atom stereocenters. The van der Waals surface area contributed by atoms with Crippen molar-refractivity contribution in [2.75, 3.05) is 0 Å². The van der Waals surface area contributed by atoms with E-state index in [9.17, 15) is 0 Å². The maximum Gasteiger partial charge on any atom is 0.124 e. The van der Waals surface area contributed by atoms with Crippen molar-refractivity contribution in [3.05, 3.63) is 18.0 Å². The summed E-state index contributed by atoms with van der Waals surface area (Å²) in [5.41, 5.74) is 7.15. The molecule has 4 nitrogen and oxygen atoms in total. The molecule has 2 unspecified atom stereocenters. The second-order valence-electron chi connectivity index (χ2n) is 5.13. The third-order valence-corrected chi connectivity index (χ3v) is 4.00. The lowest BCUT2D eigenvalue weighted by molar-refractivity contribution is 0.0228. The first-order valence-corrected chi connectivity index (χ1v) is 6.23. The third kappa shape index (κ3) is 1.87. The van der Waals surface area contributed by atoms with Crippen LogP contribution in [-0.2, 0) is 6.54 Å². The summed E-state index contributed by atoms with van der Waals surface area (Å²) >= 11 is 0. The Bertz CT molecular complexity index is 324. The molecule has 2 aliphatic rings. The lowest BCUT2D eigenvalue weighted by atomic mass is 9.82. The molecule has 0 spiro atoms. The van der Waals surface area contributed by atoms with Crippen LogP contribution >= 0.6 is 0 Å². The van der Waals surface area contributed by atoms with Crippen molar-refractivity contribution in [1.82, 2.24) is 10.1 Å². The second-order valence-corrected chi connectivity index (χ2v) is 5.13. The highest BCUT2D eigenvalue weighted by atomic mass is 16.5. The minimum absolute atomic E-state index is 0.406. The Balaban J connectivity index is 1.74. The largest absolute Gasteiger partial charge is 0.364 e. The lowest BCUT2D eigenvalue weighted by Gasteiger charge is -2.47. The molecule has 88 valence electrons. The molecule has 3 heterocycles. The molecular weight excluding hydrogens is 202 g/mol. The normalized spacial score (nSPS) is 35.2. The summed E-state index contributed by atoms with van der Waals surface area (Å²) < 4.78 is 4.90. The quantitative estimate of drug-likeness (QED) is 0.822. The number of aromatic nitrogens is 1. The topological polar surface area (TPSA) is 55.3 Å². The fraction of sp³-hybridized carbons (Fsp3) is 0.750. The molecule has 2 bridgehead atoms. The van der Waals surface area contributed by atoms with E-state index >= 15 is 0 Å². The van der Waals surface area contributed by atoms with Gasteiger partial charge < -0.3 is 10.3 Å². The number of nitrogens with two attached hydrogens (primary N) is 1. The van der Waals surface area contributed by atoms with Crippen LogP contribution in [0.15, 0.2) is 16.9 Å². The zero-order valence-electron chi connectivity index (χ0n) is 9.51. The molecule has 1 aromatic heterocycles. The summed E-state index contributed by atoms with van der Waals surface area (Å²) in [5, 5.41) is 4.01. The van der Waals surface area contributed by atoms with Gasteiger partial charge in [-0.15, -0.1) is 0 Å². The van der Waals surface area contributed by atoms with E-state index in [2.05, 4.69) is 10.1 Å². The van der Waals surface area contributed by atoms with Gasteiger partial charge in [0.2, 0.25) is 0 Å². The minimum atomic E-state index is 0.406.